The first-order valence-electron chi connectivity index (χ1n) is 17.4. The second kappa shape index (κ2) is 10.9. The Morgan fingerprint density at radius 3 is 1.84 bits per heavy atom. The van der Waals surface area contributed by atoms with Crippen LogP contribution >= 0.6 is 0 Å². The van der Waals surface area contributed by atoms with Crippen molar-refractivity contribution >= 4 is 32.6 Å². The molecule has 1 aliphatic rings. The van der Waals surface area contributed by atoms with E-state index in [-0.39, 0.29) is 5.41 Å². The second-order valence-corrected chi connectivity index (χ2v) is 14.0. The van der Waals surface area contributed by atoms with Crippen LogP contribution in [0.5, 0.6) is 0 Å². The Hall–Kier alpha value is -6.25. The van der Waals surface area contributed by atoms with Crippen molar-refractivity contribution in [2.24, 2.45) is 0 Å². The largest absolute Gasteiger partial charge is 0.307 e. The number of hydrogen-bond donors (Lipinski definition) is 0. The topological polar surface area (TPSA) is 17.8 Å². The number of nitrogens with zero attached hydrogens (tertiary/aromatic N) is 2. The predicted molar refractivity (Wildman–Crippen MR) is 210 cm³/mol. The van der Waals surface area contributed by atoms with Gasteiger partial charge < -0.3 is 4.57 Å². The highest BCUT2D eigenvalue weighted by Gasteiger charge is 2.37. The molecule has 236 valence electrons. The number of fused-ring (bicyclic) bond motifs is 9. The molecule has 0 radical (unpaired) electrons. The molecule has 0 saturated carbocycles. The zero-order valence-electron chi connectivity index (χ0n) is 28.1. The molecular weight excluding hydrogens is 605 g/mol. The zero-order valence-corrected chi connectivity index (χ0v) is 28.1. The summed E-state index contributed by atoms with van der Waals surface area (Å²) in [6, 6.07) is 57.6. The molecule has 0 fully saturated rings. The van der Waals surface area contributed by atoms with E-state index in [9.17, 15) is 0 Å². The Morgan fingerprint density at radius 2 is 1.10 bits per heavy atom. The number of rotatable bonds is 4. The third kappa shape index (κ3) is 4.25. The van der Waals surface area contributed by atoms with Crippen molar-refractivity contribution in [2.45, 2.75) is 19.3 Å². The molecule has 9 aromatic rings. The second-order valence-electron chi connectivity index (χ2n) is 14.0. The van der Waals surface area contributed by atoms with Crippen molar-refractivity contribution < 1.29 is 0 Å². The molecule has 7 aromatic carbocycles. The van der Waals surface area contributed by atoms with Crippen LogP contribution in [0.3, 0.4) is 0 Å². The van der Waals surface area contributed by atoms with Gasteiger partial charge in [-0.05, 0) is 85.8 Å². The molecule has 1 aliphatic carbocycles. The fourth-order valence-corrected chi connectivity index (χ4v) is 8.42. The van der Waals surface area contributed by atoms with Crippen LogP contribution in [0.4, 0.5) is 0 Å². The maximum absolute atomic E-state index is 4.93. The first-order valence-corrected chi connectivity index (χ1v) is 17.4. The SMILES string of the molecule is CC1(C)c2ccccc2-c2c1ccc1ccc3c4ccccc4n(-c4cncc(-c5cc(-c6ccccc6)cc(-c6ccccc6)c5)c4)c3c21. The molecule has 0 atom stereocenters. The number of aromatic nitrogens is 2. The van der Waals surface area contributed by atoms with Crippen LogP contribution in [0.2, 0.25) is 0 Å². The number of pyridine rings is 1. The van der Waals surface area contributed by atoms with Crippen molar-refractivity contribution in [1.29, 1.82) is 0 Å². The van der Waals surface area contributed by atoms with E-state index >= 15 is 0 Å². The molecule has 0 unspecified atom stereocenters. The molecule has 2 heteroatoms. The van der Waals surface area contributed by atoms with Gasteiger partial charge in [0.25, 0.3) is 0 Å². The Bertz CT molecular complexity index is 2710. The van der Waals surface area contributed by atoms with Crippen LogP contribution in [-0.2, 0) is 5.41 Å². The summed E-state index contributed by atoms with van der Waals surface area (Å²) in [5, 5.41) is 5.05. The molecule has 2 aromatic heterocycles. The quantitative estimate of drug-likeness (QED) is 0.188. The van der Waals surface area contributed by atoms with E-state index in [1.165, 1.54) is 77.1 Å². The van der Waals surface area contributed by atoms with Gasteiger partial charge in [-0.2, -0.15) is 0 Å². The Balaban J connectivity index is 1.26. The summed E-state index contributed by atoms with van der Waals surface area (Å²) in [6.45, 7) is 4.72. The van der Waals surface area contributed by atoms with Crippen molar-refractivity contribution in [3.8, 4) is 50.2 Å². The van der Waals surface area contributed by atoms with Crippen molar-refractivity contribution in [3.05, 3.63) is 181 Å². The maximum atomic E-state index is 4.93. The van der Waals surface area contributed by atoms with Crippen LogP contribution < -0.4 is 0 Å². The normalized spacial score (nSPS) is 13.2. The van der Waals surface area contributed by atoms with Crippen molar-refractivity contribution in [2.75, 3.05) is 0 Å². The number of hydrogen-bond acceptors (Lipinski definition) is 1. The smallest absolute Gasteiger partial charge is 0.0651 e. The summed E-state index contributed by atoms with van der Waals surface area (Å²) in [4.78, 5) is 4.93. The maximum Gasteiger partial charge on any atom is 0.0651 e. The molecule has 0 amide bonds. The van der Waals surface area contributed by atoms with Gasteiger partial charge in [0, 0.05) is 33.3 Å². The molecule has 10 rings (SSSR count). The summed E-state index contributed by atoms with van der Waals surface area (Å²) >= 11 is 0. The highest BCUT2D eigenvalue weighted by atomic mass is 15.0. The zero-order chi connectivity index (χ0) is 33.4. The average Bonchev–Trinajstić information content (AvgIpc) is 3.64. The van der Waals surface area contributed by atoms with Gasteiger partial charge in [-0.1, -0.05) is 141 Å². The predicted octanol–water partition coefficient (Wildman–Crippen LogP) is 12.6. The summed E-state index contributed by atoms with van der Waals surface area (Å²) in [5.41, 5.74) is 15.8. The molecule has 2 heterocycles. The molecule has 0 spiro atoms. The minimum absolute atomic E-state index is 0.0825. The summed E-state index contributed by atoms with van der Waals surface area (Å²) in [6.07, 6.45) is 4.03. The fourth-order valence-electron chi connectivity index (χ4n) is 8.42. The third-order valence-corrected chi connectivity index (χ3v) is 10.8. The van der Waals surface area contributed by atoms with Crippen molar-refractivity contribution in [1.82, 2.24) is 9.55 Å². The van der Waals surface area contributed by atoms with E-state index in [1.54, 1.807) is 0 Å². The fraction of sp³-hybridized carbons (Fsp3) is 0.0625. The molecule has 0 saturated heterocycles. The lowest BCUT2D eigenvalue weighted by molar-refractivity contribution is 0.661. The van der Waals surface area contributed by atoms with Gasteiger partial charge in [0.2, 0.25) is 0 Å². The lowest BCUT2D eigenvalue weighted by atomic mass is 9.82. The standard InChI is InChI=1S/C48H34N2/c1-48(2)42-19-11-9-18-41(42)46-43(48)24-22-33-21-23-40-39-17-10-12-20-44(39)50(47(40)45(33)46)38-28-37(29-49-30-38)36-26-34(31-13-5-3-6-14-31)25-35(27-36)32-15-7-4-8-16-32/h3-30H,1-2H3. The monoisotopic (exact) mass is 638 g/mol. The Morgan fingerprint density at radius 1 is 0.480 bits per heavy atom. The molecule has 0 N–H and O–H groups in total. The molecular formula is C48H34N2. The molecule has 0 bridgehead atoms. The summed E-state index contributed by atoms with van der Waals surface area (Å²) < 4.78 is 2.46. The number of para-hydroxylation sites is 1. The van der Waals surface area contributed by atoms with Crippen LogP contribution in [0.25, 0.3) is 82.8 Å². The van der Waals surface area contributed by atoms with E-state index in [0.29, 0.717) is 0 Å². The minimum atomic E-state index is -0.0825. The summed E-state index contributed by atoms with van der Waals surface area (Å²) in [5.74, 6) is 0. The van der Waals surface area contributed by atoms with Crippen LogP contribution in [0, 0.1) is 0 Å². The van der Waals surface area contributed by atoms with Gasteiger partial charge in [-0.25, -0.2) is 0 Å². The van der Waals surface area contributed by atoms with Crippen molar-refractivity contribution in [3.63, 3.8) is 0 Å². The highest BCUT2D eigenvalue weighted by Crippen LogP contribution is 2.53. The minimum Gasteiger partial charge on any atom is -0.307 e. The van der Waals surface area contributed by atoms with Crippen LogP contribution in [0.15, 0.2) is 170 Å². The first kappa shape index (κ1) is 28.7. The van der Waals surface area contributed by atoms with Crippen LogP contribution in [-0.4, -0.2) is 9.55 Å². The lowest BCUT2D eigenvalue weighted by Crippen LogP contribution is -2.14. The van der Waals surface area contributed by atoms with Crippen LogP contribution in [0.1, 0.15) is 25.0 Å². The van der Waals surface area contributed by atoms with Gasteiger partial charge in [-0.3, -0.25) is 4.98 Å². The van der Waals surface area contributed by atoms with Gasteiger partial charge in [0.15, 0.2) is 0 Å². The Kier molecular flexibility index (Phi) is 6.25. The van der Waals surface area contributed by atoms with Gasteiger partial charge >= 0.3 is 0 Å². The third-order valence-electron chi connectivity index (χ3n) is 10.8. The summed E-state index contributed by atoms with van der Waals surface area (Å²) in [7, 11) is 0. The Labute approximate surface area is 291 Å². The van der Waals surface area contributed by atoms with Gasteiger partial charge in [0.05, 0.1) is 22.9 Å². The first-order chi connectivity index (χ1) is 24.6. The molecule has 2 nitrogen and oxygen atoms in total. The number of benzene rings is 7. The highest BCUT2D eigenvalue weighted by molar-refractivity contribution is 6.23. The van der Waals surface area contributed by atoms with E-state index < -0.39 is 0 Å². The molecule has 50 heavy (non-hydrogen) atoms. The van der Waals surface area contributed by atoms with Gasteiger partial charge in [-0.15, -0.1) is 0 Å². The lowest BCUT2D eigenvalue weighted by Gasteiger charge is -2.21. The van der Waals surface area contributed by atoms with E-state index in [1.807, 2.05) is 12.4 Å². The van der Waals surface area contributed by atoms with E-state index in [4.69, 9.17) is 4.98 Å². The average molecular weight is 639 g/mol. The molecule has 0 aliphatic heterocycles. The van der Waals surface area contributed by atoms with Gasteiger partial charge in [0.1, 0.15) is 0 Å². The van der Waals surface area contributed by atoms with E-state index in [0.717, 1.165) is 16.8 Å². The van der Waals surface area contributed by atoms with E-state index in [2.05, 4.69) is 176 Å².